The zero-order chi connectivity index (χ0) is 19.5. The van der Waals surface area contributed by atoms with E-state index in [0.717, 1.165) is 0 Å². The van der Waals surface area contributed by atoms with E-state index in [4.69, 9.17) is 16.0 Å². The van der Waals surface area contributed by atoms with E-state index in [-0.39, 0.29) is 11.5 Å². The number of amides is 1. The number of anilines is 1. The van der Waals surface area contributed by atoms with E-state index in [1.165, 1.54) is 12.4 Å². The molecule has 0 aliphatic rings. The van der Waals surface area contributed by atoms with Crippen LogP contribution in [0.5, 0.6) is 5.75 Å². The van der Waals surface area contributed by atoms with Gasteiger partial charge in [-0.3, -0.25) is 4.79 Å². The molecule has 0 spiro atoms. The highest BCUT2D eigenvalue weighted by atomic mass is 35.5. The molecule has 138 valence electrons. The molecule has 1 amide bonds. The molecular formula is C21H14ClN3O3. The fraction of sp³-hybridized carbons (Fsp3) is 0. The molecule has 0 saturated carbocycles. The maximum Gasteiger partial charge on any atom is 0.291 e. The predicted octanol–water partition coefficient (Wildman–Crippen LogP) is 5.01. The first-order chi connectivity index (χ1) is 13.6. The number of nitrogens with one attached hydrogen (secondary N) is 1. The second-order valence-electron chi connectivity index (χ2n) is 5.94. The standard InChI is InChI=1S/C21H14ClN3O3/c22-17-7-2-1-6-16(17)18-8-9-19(28-18)21(27)25-14-11-23-20(24-12-14)13-4-3-5-15(26)10-13/h1-12,26H,(H,25,27). The van der Waals surface area contributed by atoms with Crippen LogP contribution in [-0.4, -0.2) is 21.0 Å². The van der Waals surface area contributed by atoms with Gasteiger partial charge in [-0.1, -0.05) is 35.9 Å². The first-order valence-corrected chi connectivity index (χ1v) is 8.75. The van der Waals surface area contributed by atoms with Gasteiger partial charge in [0.25, 0.3) is 5.91 Å². The van der Waals surface area contributed by atoms with Crippen molar-refractivity contribution in [3.05, 3.63) is 83.8 Å². The number of furan rings is 1. The molecule has 2 aromatic carbocycles. The van der Waals surface area contributed by atoms with Gasteiger partial charge in [-0.05, 0) is 36.4 Å². The van der Waals surface area contributed by atoms with Gasteiger partial charge in [0, 0.05) is 11.1 Å². The molecule has 0 radical (unpaired) electrons. The normalized spacial score (nSPS) is 10.6. The molecule has 2 aromatic heterocycles. The largest absolute Gasteiger partial charge is 0.508 e. The smallest absolute Gasteiger partial charge is 0.291 e. The van der Waals surface area contributed by atoms with Crippen LogP contribution in [0.2, 0.25) is 5.02 Å². The summed E-state index contributed by atoms with van der Waals surface area (Å²) in [6.45, 7) is 0. The van der Waals surface area contributed by atoms with Crippen molar-refractivity contribution >= 4 is 23.2 Å². The van der Waals surface area contributed by atoms with Gasteiger partial charge in [0.2, 0.25) is 0 Å². The zero-order valence-corrected chi connectivity index (χ0v) is 15.2. The third-order valence-electron chi connectivity index (χ3n) is 3.98. The minimum atomic E-state index is -0.424. The predicted molar refractivity (Wildman–Crippen MR) is 106 cm³/mol. The topological polar surface area (TPSA) is 88.2 Å². The van der Waals surface area contributed by atoms with Crippen molar-refractivity contribution in [3.8, 4) is 28.5 Å². The van der Waals surface area contributed by atoms with Crippen molar-refractivity contribution in [1.29, 1.82) is 0 Å². The van der Waals surface area contributed by atoms with Crippen LogP contribution >= 0.6 is 11.6 Å². The molecule has 4 rings (SSSR count). The summed E-state index contributed by atoms with van der Waals surface area (Å²) in [4.78, 5) is 20.8. The van der Waals surface area contributed by atoms with E-state index >= 15 is 0 Å². The van der Waals surface area contributed by atoms with E-state index in [2.05, 4.69) is 15.3 Å². The average Bonchev–Trinajstić information content (AvgIpc) is 3.19. The fourth-order valence-electron chi connectivity index (χ4n) is 2.65. The highest BCUT2D eigenvalue weighted by molar-refractivity contribution is 6.33. The summed E-state index contributed by atoms with van der Waals surface area (Å²) in [6, 6.07) is 17.1. The van der Waals surface area contributed by atoms with Gasteiger partial charge in [-0.25, -0.2) is 9.97 Å². The van der Waals surface area contributed by atoms with Crippen LogP contribution in [0.25, 0.3) is 22.7 Å². The lowest BCUT2D eigenvalue weighted by Gasteiger charge is -2.05. The molecule has 2 heterocycles. The Labute approximate surface area is 165 Å². The molecule has 0 atom stereocenters. The summed E-state index contributed by atoms with van der Waals surface area (Å²) in [6.07, 6.45) is 2.98. The lowest BCUT2D eigenvalue weighted by molar-refractivity contribution is 0.0997. The van der Waals surface area contributed by atoms with Crippen LogP contribution in [0.15, 0.2) is 77.5 Å². The van der Waals surface area contributed by atoms with E-state index in [0.29, 0.717) is 33.4 Å². The summed E-state index contributed by atoms with van der Waals surface area (Å²) < 4.78 is 5.63. The molecule has 0 fully saturated rings. The Balaban J connectivity index is 1.49. The number of aromatic nitrogens is 2. The maximum atomic E-state index is 12.4. The van der Waals surface area contributed by atoms with E-state index in [9.17, 15) is 9.90 Å². The van der Waals surface area contributed by atoms with Gasteiger partial charge in [0.15, 0.2) is 11.6 Å². The number of hydrogen-bond donors (Lipinski definition) is 2. The Morgan fingerprint density at radius 1 is 1.00 bits per heavy atom. The lowest BCUT2D eigenvalue weighted by atomic mass is 10.2. The average molecular weight is 392 g/mol. The van der Waals surface area contributed by atoms with Gasteiger partial charge in [0.1, 0.15) is 11.5 Å². The van der Waals surface area contributed by atoms with Crippen LogP contribution in [0, 0.1) is 0 Å². The minimum absolute atomic E-state index is 0.130. The molecule has 0 unspecified atom stereocenters. The molecule has 4 aromatic rings. The molecule has 2 N–H and O–H groups in total. The molecule has 0 aliphatic heterocycles. The number of carbonyl (C=O) groups is 1. The van der Waals surface area contributed by atoms with Crippen LogP contribution in [0.4, 0.5) is 5.69 Å². The quantitative estimate of drug-likeness (QED) is 0.510. The number of phenols is 1. The van der Waals surface area contributed by atoms with E-state index in [1.54, 1.807) is 42.5 Å². The van der Waals surface area contributed by atoms with Gasteiger partial charge >= 0.3 is 0 Å². The van der Waals surface area contributed by atoms with Crippen molar-refractivity contribution in [2.45, 2.75) is 0 Å². The Morgan fingerprint density at radius 2 is 1.79 bits per heavy atom. The summed E-state index contributed by atoms with van der Waals surface area (Å²) in [7, 11) is 0. The summed E-state index contributed by atoms with van der Waals surface area (Å²) in [5.74, 6) is 0.795. The van der Waals surface area contributed by atoms with Gasteiger partial charge in [0.05, 0.1) is 23.1 Å². The van der Waals surface area contributed by atoms with Crippen LogP contribution in [0.1, 0.15) is 10.6 Å². The highest BCUT2D eigenvalue weighted by Gasteiger charge is 2.14. The summed E-state index contributed by atoms with van der Waals surface area (Å²) in [5, 5.41) is 12.8. The van der Waals surface area contributed by atoms with Crippen molar-refractivity contribution in [1.82, 2.24) is 9.97 Å². The summed E-state index contributed by atoms with van der Waals surface area (Å²) >= 11 is 6.16. The lowest BCUT2D eigenvalue weighted by Crippen LogP contribution is -2.11. The maximum absolute atomic E-state index is 12.4. The minimum Gasteiger partial charge on any atom is -0.508 e. The number of aromatic hydroxyl groups is 1. The van der Waals surface area contributed by atoms with Crippen molar-refractivity contribution < 1.29 is 14.3 Å². The molecular weight excluding hydrogens is 378 g/mol. The zero-order valence-electron chi connectivity index (χ0n) is 14.5. The molecule has 7 heteroatoms. The van der Waals surface area contributed by atoms with Gasteiger partial charge < -0.3 is 14.8 Å². The second kappa shape index (κ2) is 7.54. The number of carbonyl (C=O) groups excluding carboxylic acids is 1. The first kappa shape index (κ1) is 17.8. The van der Waals surface area contributed by atoms with E-state index < -0.39 is 5.91 Å². The Morgan fingerprint density at radius 3 is 2.54 bits per heavy atom. The van der Waals surface area contributed by atoms with Crippen molar-refractivity contribution in [2.24, 2.45) is 0 Å². The third kappa shape index (κ3) is 3.72. The molecule has 28 heavy (non-hydrogen) atoms. The number of benzene rings is 2. The van der Waals surface area contributed by atoms with Crippen molar-refractivity contribution in [3.63, 3.8) is 0 Å². The number of phenolic OH excluding ortho intramolecular Hbond substituents is 1. The van der Waals surface area contributed by atoms with Gasteiger partial charge in [-0.15, -0.1) is 0 Å². The molecule has 6 nitrogen and oxygen atoms in total. The molecule has 0 aliphatic carbocycles. The number of rotatable bonds is 4. The highest BCUT2D eigenvalue weighted by Crippen LogP contribution is 2.29. The van der Waals surface area contributed by atoms with Gasteiger partial charge in [-0.2, -0.15) is 0 Å². The van der Waals surface area contributed by atoms with Crippen LogP contribution in [-0.2, 0) is 0 Å². The third-order valence-corrected chi connectivity index (χ3v) is 4.31. The Bertz CT molecular complexity index is 1140. The SMILES string of the molecule is O=C(Nc1cnc(-c2cccc(O)c2)nc1)c1ccc(-c2ccccc2Cl)o1. The molecule has 0 bridgehead atoms. The fourth-order valence-corrected chi connectivity index (χ4v) is 2.87. The number of nitrogens with zero attached hydrogens (tertiary/aromatic N) is 2. The number of halogens is 1. The Hall–Kier alpha value is -3.64. The van der Waals surface area contributed by atoms with Crippen LogP contribution < -0.4 is 5.32 Å². The monoisotopic (exact) mass is 391 g/mol. The van der Waals surface area contributed by atoms with Crippen molar-refractivity contribution in [2.75, 3.05) is 5.32 Å². The first-order valence-electron chi connectivity index (χ1n) is 8.38. The van der Waals surface area contributed by atoms with E-state index in [1.807, 2.05) is 18.2 Å². The van der Waals surface area contributed by atoms with Crippen LogP contribution in [0.3, 0.4) is 0 Å². The Kier molecular flexibility index (Phi) is 4.78. The molecule has 0 saturated heterocycles. The summed E-state index contributed by atoms with van der Waals surface area (Å²) in [5.41, 5.74) is 1.81. The second-order valence-corrected chi connectivity index (χ2v) is 6.35. The number of hydrogen-bond acceptors (Lipinski definition) is 5.